The van der Waals surface area contributed by atoms with Gasteiger partial charge in [-0.3, -0.25) is 5.32 Å². The van der Waals surface area contributed by atoms with Crippen molar-refractivity contribution in [1.29, 1.82) is 0 Å². The molecule has 0 aromatic heterocycles. The second-order valence-electron chi connectivity index (χ2n) is 11.4. The summed E-state index contributed by atoms with van der Waals surface area (Å²) in [7, 11) is 0. The Morgan fingerprint density at radius 1 is 0.800 bits per heavy atom. The topological polar surface area (TPSA) is 21.3 Å². The monoisotopic (exact) mass is 345 g/mol. The highest BCUT2D eigenvalue weighted by atomic mass is 16.6. The first-order chi connectivity index (χ1) is 11.8. The summed E-state index contributed by atoms with van der Waals surface area (Å²) in [5.41, 5.74) is 1.03. The molecule has 0 aromatic rings. The first-order valence-corrected chi connectivity index (χ1v) is 11.2. The molecule has 0 unspecified atom stereocenters. The van der Waals surface area contributed by atoms with Crippen LogP contribution in [-0.2, 0) is 4.74 Å². The van der Waals surface area contributed by atoms with Crippen molar-refractivity contribution >= 4 is 0 Å². The summed E-state index contributed by atoms with van der Waals surface area (Å²) in [5, 5.41) is 3.69. The molecule has 1 aliphatic heterocycles. The molecule has 1 heterocycles. The van der Waals surface area contributed by atoms with Gasteiger partial charge in [0, 0.05) is 12.0 Å². The molecule has 0 amide bonds. The van der Waals surface area contributed by atoms with Gasteiger partial charge < -0.3 is 4.74 Å². The van der Waals surface area contributed by atoms with Crippen LogP contribution in [0.15, 0.2) is 0 Å². The fourth-order valence-corrected chi connectivity index (χ4v) is 8.76. The van der Waals surface area contributed by atoms with Gasteiger partial charge in [-0.25, -0.2) is 0 Å². The lowest BCUT2D eigenvalue weighted by Gasteiger charge is -2.61. The van der Waals surface area contributed by atoms with Crippen LogP contribution in [0.5, 0.6) is 0 Å². The molecule has 5 fully saturated rings. The Bertz CT molecular complexity index is 558. The zero-order valence-corrected chi connectivity index (χ0v) is 17.0. The van der Waals surface area contributed by atoms with Crippen molar-refractivity contribution in [1.82, 2.24) is 5.32 Å². The van der Waals surface area contributed by atoms with Crippen molar-refractivity contribution in [2.75, 3.05) is 6.54 Å². The minimum Gasteiger partial charge on any atom is -0.353 e. The van der Waals surface area contributed by atoms with Gasteiger partial charge in [0.2, 0.25) is 0 Å². The van der Waals surface area contributed by atoms with Crippen molar-refractivity contribution in [3.63, 3.8) is 0 Å². The summed E-state index contributed by atoms with van der Waals surface area (Å²) in [5.74, 6) is 3.92. The van der Waals surface area contributed by atoms with Crippen LogP contribution in [0.1, 0.15) is 91.9 Å². The highest BCUT2D eigenvalue weighted by Gasteiger charge is 2.67. The van der Waals surface area contributed by atoms with E-state index in [4.69, 9.17) is 4.74 Å². The number of ether oxygens (including phenoxy) is 1. The van der Waals surface area contributed by atoms with E-state index in [1.165, 1.54) is 64.2 Å². The predicted octanol–water partition coefficient (Wildman–Crippen LogP) is 5.51. The minimum atomic E-state index is -0.137. The van der Waals surface area contributed by atoms with E-state index in [1.807, 2.05) is 0 Å². The molecular weight excluding hydrogens is 306 g/mol. The van der Waals surface area contributed by atoms with Gasteiger partial charge in [-0.15, -0.1) is 0 Å². The lowest BCUT2D eigenvalue weighted by atomic mass is 9.44. The molecule has 0 radical (unpaired) electrons. The Hall–Kier alpha value is -0.0800. The zero-order valence-electron chi connectivity index (χ0n) is 17.0. The summed E-state index contributed by atoms with van der Waals surface area (Å²) in [6.07, 6.45) is 14.6. The maximum absolute atomic E-state index is 6.77. The van der Waals surface area contributed by atoms with Crippen LogP contribution in [-0.4, -0.2) is 17.9 Å². The van der Waals surface area contributed by atoms with Crippen LogP contribution in [0.4, 0.5) is 0 Å². The molecule has 1 N–H and O–H groups in total. The maximum Gasteiger partial charge on any atom is 0.114 e. The van der Waals surface area contributed by atoms with Crippen molar-refractivity contribution in [2.45, 2.75) is 103 Å². The molecule has 0 aromatic carbocycles. The Morgan fingerprint density at radius 3 is 2.36 bits per heavy atom. The van der Waals surface area contributed by atoms with Crippen molar-refractivity contribution in [3.05, 3.63) is 0 Å². The van der Waals surface area contributed by atoms with Gasteiger partial charge in [0.05, 0.1) is 5.60 Å². The number of nitrogens with one attached hydrogen (secondary N) is 1. The zero-order chi connectivity index (χ0) is 17.5. The van der Waals surface area contributed by atoms with Gasteiger partial charge in [-0.2, -0.15) is 0 Å². The largest absolute Gasteiger partial charge is 0.353 e. The van der Waals surface area contributed by atoms with E-state index in [-0.39, 0.29) is 11.3 Å². The van der Waals surface area contributed by atoms with Crippen LogP contribution in [0.25, 0.3) is 0 Å². The Labute approximate surface area is 154 Å². The molecule has 5 aliphatic rings. The van der Waals surface area contributed by atoms with Gasteiger partial charge in [0.25, 0.3) is 0 Å². The van der Waals surface area contributed by atoms with Crippen molar-refractivity contribution < 1.29 is 4.74 Å². The van der Waals surface area contributed by atoms with E-state index in [2.05, 4.69) is 33.0 Å². The summed E-state index contributed by atoms with van der Waals surface area (Å²) in [6.45, 7) is 10.8. The molecular formula is C23H39NO. The third-order valence-electron chi connectivity index (χ3n) is 10.1. The van der Waals surface area contributed by atoms with E-state index in [0.717, 1.165) is 30.2 Å². The molecule has 2 heteroatoms. The van der Waals surface area contributed by atoms with Crippen molar-refractivity contribution in [2.24, 2.45) is 34.5 Å². The molecule has 142 valence electrons. The lowest BCUT2D eigenvalue weighted by Crippen LogP contribution is -2.57. The second-order valence-corrected chi connectivity index (χ2v) is 11.4. The summed E-state index contributed by atoms with van der Waals surface area (Å²) < 4.78 is 6.77. The van der Waals surface area contributed by atoms with Gasteiger partial charge in [0.1, 0.15) is 5.72 Å². The fourth-order valence-electron chi connectivity index (χ4n) is 8.76. The Balaban J connectivity index is 1.46. The van der Waals surface area contributed by atoms with E-state index < -0.39 is 0 Å². The normalized spacial score (nSPS) is 57.1. The van der Waals surface area contributed by atoms with Crippen LogP contribution >= 0.6 is 0 Å². The first-order valence-electron chi connectivity index (χ1n) is 11.2. The smallest absolute Gasteiger partial charge is 0.114 e. The van der Waals surface area contributed by atoms with Crippen LogP contribution in [0, 0.1) is 34.5 Å². The molecule has 25 heavy (non-hydrogen) atoms. The fraction of sp³-hybridized carbons (Fsp3) is 1.00. The molecule has 2 nitrogen and oxygen atoms in total. The highest BCUT2D eigenvalue weighted by molar-refractivity contribution is 5.17. The lowest BCUT2D eigenvalue weighted by molar-refractivity contribution is -0.180. The maximum atomic E-state index is 6.77. The van der Waals surface area contributed by atoms with E-state index in [0.29, 0.717) is 10.8 Å². The van der Waals surface area contributed by atoms with Crippen molar-refractivity contribution in [3.8, 4) is 0 Å². The number of hydrogen-bond acceptors (Lipinski definition) is 2. The first kappa shape index (κ1) is 17.0. The van der Waals surface area contributed by atoms with E-state index >= 15 is 0 Å². The Kier molecular flexibility index (Phi) is 3.58. The predicted molar refractivity (Wildman–Crippen MR) is 102 cm³/mol. The van der Waals surface area contributed by atoms with E-state index in [9.17, 15) is 0 Å². The third kappa shape index (κ3) is 2.16. The van der Waals surface area contributed by atoms with Gasteiger partial charge in [-0.1, -0.05) is 26.7 Å². The molecule has 1 saturated heterocycles. The van der Waals surface area contributed by atoms with Crippen LogP contribution in [0.3, 0.4) is 0 Å². The molecule has 0 bridgehead atoms. The summed E-state index contributed by atoms with van der Waals surface area (Å²) >= 11 is 0. The minimum absolute atomic E-state index is 0.108. The standard InChI is InChI=1S/C23H39NO/c1-20(2)24-15-23(25-20)14-11-19-17-9-8-16-7-5-6-12-21(16,3)18(17)10-13-22(19,23)4/h16-19,24H,5-15H2,1-4H3/t16-,17-,18-,19-,21+,22+,23-/m1/s1. The van der Waals surface area contributed by atoms with Gasteiger partial charge in [0.15, 0.2) is 0 Å². The molecule has 7 atom stereocenters. The SMILES string of the molecule is CC1(C)NC[C@@]2(CC[C@@H]3[C@@H]4CC[C@H]5CCCC[C@]5(C)[C@@H]4CC[C@@]32C)O1. The summed E-state index contributed by atoms with van der Waals surface area (Å²) in [4.78, 5) is 0. The third-order valence-corrected chi connectivity index (χ3v) is 10.1. The average molecular weight is 346 g/mol. The quantitative estimate of drug-likeness (QED) is 0.624. The highest BCUT2D eigenvalue weighted by Crippen LogP contribution is 2.69. The molecule has 1 spiro atoms. The molecule has 4 saturated carbocycles. The molecule has 5 rings (SSSR count). The van der Waals surface area contributed by atoms with Gasteiger partial charge in [-0.05, 0) is 94.3 Å². The molecule has 4 aliphatic carbocycles. The summed E-state index contributed by atoms with van der Waals surface area (Å²) in [6, 6.07) is 0. The van der Waals surface area contributed by atoms with Crippen LogP contribution in [0.2, 0.25) is 0 Å². The van der Waals surface area contributed by atoms with Gasteiger partial charge >= 0.3 is 0 Å². The number of hydrogen-bond donors (Lipinski definition) is 1. The Morgan fingerprint density at radius 2 is 1.60 bits per heavy atom. The van der Waals surface area contributed by atoms with E-state index in [1.54, 1.807) is 0 Å². The number of rotatable bonds is 0. The number of fused-ring (bicyclic) bond motifs is 6. The van der Waals surface area contributed by atoms with Crippen LogP contribution < -0.4 is 5.32 Å². The average Bonchev–Trinajstić information content (AvgIpc) is 3.04. The second kappa shape index (κ2) is 5.25.